The number of rotatable bonds is 10. The SMILES string of the molecule is CC(C)(C)c1noc(CCCCCN(C(=O)C2CCOCC2)c2cccc(-c3cc(C4CC4)on3)c2)n1. The van der Waals surface area contributed by atoms with E-state index >= 15 is 0 Å². The Kier molecular flexibility index (Phi) is 7.74. The van der Waals surface area contributed by atoms with Gasteiger partial charge in [0.1, 0.15) is 11.5 Å². The zero-order valence-electron chi connectivity index (χ0n) is 22.2. The molecule has 0 bridgehead atoms. The van der Waals surface area contributed by atoms with Crippen LogP contribution in [0.5, 0.6) is 0 Å². The number of hydrogen-bond donors (Lipinski definition) is 0. The summed E-state index contributed by atoms with van der Waals surface area (Å²) in [6.07, 6.45) is 7.45. The average Bonchev–Trinajstić information content (AvgIpc) is 3.42. The Balaban J connectivity index is 1.24. The van der Waals surface area contributed by atoms with Gasteiger partial charge in [-0.3, -0.25) is 4.79 Å². The molecule has 8 nitrogen and oxygen atoms in total. The molecule has 2 aromatic heterocycles. The molecular formula is C29H38N4O4. The second kappa shape index (κ2) is 11.2. The third-order valence-electron chi connectivity index (χ3n) is 7.21. The fourth-order valence-corrected chi connectivity index (χ4v) is 4.73. The minimum absolute atomic E-state index is 0.000128. The lowest BCUT2D eigenvalue weighted by Crippen LogP contribution is -2.39. The number of hydrogen-bond acceptors (Lipinski definition) is 7. The maximum atomic E-state index is 13.6. The molecule has 0 spiro atoms. The topological polar surface area (TPSA) is 94.5 Å². The average molecular weight is 507 g/mol. The molecule has 1 saturated carbocycles. The number of nitrogens with zero attached hydrogens (tertiary/aromatic N) is 4. The molecule has 3 heterocycles. The predicted octanol–water partition coefficient (Wildman–Crippen LogP) is 6.07. The van der Waals surface area contributed by atoms with E-state index in [1.807, 2.05) is 29.2 Å². The maximum absolute atomic E-state index is 13.6. The maximum Gasteiger partial charge on any atom is 0.230 e. The standard InChI is InChI=1S/C29H38N4O4/c1-29(2,3)28-30-26(37-32-28)10-5-4-6-15-33(27(34)21-13-16-35-17-14-21)23-9-7-8-22(18-23)24-19-25(36-31-24)20-11-12-20/h7-9,18-21H,4-6,10-17H2,1-3H3. The van der Waals surface area contributed by atoms with Crippen molar-refractivity contribution in [2.24, 2.45) is 5.92 Å². The third kappa shape index (κ3) is 6.47. The number of aryl methyl sites for hydroxylation is 1. The van der Waals surface area contributed by atoms with Crippen LogP contribution in [0.15, 0.2) is 39.4 Å². The lowest BCUT2D eigenvalue weighted by Gasteiger charge is -2.30. The van der Waals surface area contributed by atoms with E-state index in [4.69, 9.17) is 13.8 Å². The van der Waals surface area contributed by atoms with Gasteiger partial charge in [-0.2, -0.15) is 4.98 Å². The molecule has 0 unspecified atom stereocenters. The molecule has 0 radical (unpaired) electrons. The Morgan fingerprint density at radius 2 is 1.81 bits per heavy atom. The highest BCUT2D eigenvalue weighted by molar-refractivity contribution is 5.95. The van der Waals surface area contributed by atoms with Gasteiger partial charge in [-0.05, 0) is 50.7 Å². The minimum Gasteiger partial charge on any atom is -0.381 e. The number of ether oxygens (including phenoxy) is 1. The minimum atomic E-state index is -0.118. The summed E-state index contributed by atoms with van der Waals surface area (Å²) in [4.78, 5) is 20.1. The van der Waals surface area contributed by atoms with Crippen molar-refractivity contribution in [2.45, 2.75) is 83.5 Å². The van der Waals surface area contributed by atoms with Crippen LogP contribution in [0, 0.1) is 5.92 Å². The van der Waals surface area contributed by atoms with Crippen LogP contribution in [0.25, 0.3) is 11.3 Å². The molecule has 5 rings (SSSR count). The molecule has 0 atom stereocenters. The molecule has 8 heteroatoms. The molecule has 1 aromatic carbocycles. The van der Waals surface area contributed by atoms with E-state index in [0.29, 0.717) is 31.6 Å². The van der Waals surface area contributed by atoms with Gasteiger partial charge in [0, 0.05) is 60.7 Å². The Labute approximate surface area is 218 Å². The smallest absolute Gasteiger partial charge is 0.230 e. The fraction of sp³-hybridized carbons (Fsp3) is 0.586. The van der Waals surface area contributed by atoms with Crippen LogP contribution in [0.3, 0.4) is 0 Å². The molecule has 1 saturated heterocycles. The van der Waals surface area contributed by atoms with Gasteiger partial charge in [0.15, 0.2) is 5.82 Å². The molecule has 1 aliphatic heterocycles. The normalized spacial score (nSPS) is 16.7. The summed E-state index contributed by atoms with van der Waals surface area (Å²) in [7, 11) is 0. The van der Waals surface area contributed by atoms with Crippen molar-refractivity contribution >= 4 is 11.6 Å². The second-order valence-corrected chi connectivity index (χ2v) is 11.4. The van der Waals surface area contributed by atoms with Crippen molar-refractivity contribution in [3.63, 3.8) is 0 Å². The summed E-state index contributed by atoms with van der Waals surface area (Å²) in [5.41, 5.74) is 2.60. The van der Waals surface area contributed by atoms with Gasteiger partial charge >= 0.3 is 0 Å². The number of carbonyl (C=O) groups excluding carboxylic acids is 1. The number of aromatic nitrogens is 3. The summed E-state index contributed by atoms with van der Waals surface area (Å²) in [5, 5.41) is 8.42. The van der Waals surface area contributed by atoms with Crippen molar-refractivity contribution in [1.29, 1.82) is 0 Å². The van der Waals surface area contributed by atoms with E-state index in [0.717, 1.165) is 67.1 Å². The van der Waals surface area contributed by atoms with Crippen LogP contribution >= 0.6 is 0 Å². The van der Waals surface area contributed by atoms with Gasteiger partial charge in [0.05, 0.1) is 0 Å². The molecule has 198 valence electrons. The highest BCUT2D eigenvalue weighted by Gasteiger charge is 2.29. The summed E-state index contributed by atoms with van der Waals surface area (Å²) >= 11 is 0. The first-order valence-corrected chi connectivity index (χ1v) is 13.7. The summed E-state index contributed by atoms with van der Waals surface area (Å²) in [5.74, 6) is 3.10. The van der Waals surface area contributed by atoms with Gasteiger partial charge in [-0.15, -0.1) is 0 Å². The second-order valence-electron chi connectivity index (χ2n) is 11.4. The van der Waals surface area contributed by atoms with Crippen LogP contribution in [-0.2, 0) is 21.4 Å². The van der Waals surface area contributed by atoms with E-state index in [1.54, 1.807) is 0 Å². The molecule has 2 aliphatic rings. The molecule has 1 amide bonds. The molecule has 37 heavy (non-hydrogen) atoms. The van der Waals surface area contributed by atoms with E-state index in [-0.39, 0.29) is 17.2 Å². The first-order valence-electron chi connectivity index (χ1n) is 13.7. The van der Waals surface area contributed by atoms with Crippen LogP contribution < -0.4 is 4.90 Å². The number of carbonyl (C=O) groups is 1. The van der Waals surface area contributed by atoms with E-state index in [2.05, 4.69) is 42.1 Å². The Bertz CT molecular complexity index is 1180. The highest BCUT2D eigenvalue weighted by Crippen LogP contribution is 2.41. The van der Waals surface area contributed by atoms with Gasteiger partial charge in [-0.25, -0.2) is 0 Å². The Hall–Kier alpha value is -3.00. The van der Waals surface area contributed by atoms with E-state index < -0.39 is 0 Å². The molecule has 3 aromatic rings. The highest BCUT2D eigenvalue weighted by atomic mass is 16.5. The summed E-state index contributed by atoms with van der Waals surface area (Å²) < 4.78 is 16.5. The Morgan fingerprint density at radius 1 is 1.00 bits per heavy atom. The fourth-order valence-electron chi connectivity index (χ4n) is 4.73. The van der Waals surface area contributed by atoms with Gasteiger partial charge in [-0.1, -0.05) is 49.6 Å². The predicted molar refractivity (Wildman–Crippen MR) is 140 cm³/mol. The lowest BCUT2D eigenvalue weighted by molar-refractivity contribution is -0.125. The van der Waals surface area contributed by atoms with Crippen molar-refractivity contribution in [1.82, 2.24) is 15.3 Å². The first kappa shape index (κ1) is 25.6. The molecule has 1 aliphatic carbocycles. The number of unbranched alkanes of at least 4 members (excludes halogenated alkanes) is 2. The van der Waals surface area contributed by atoms with Gasteiger partial charge in [0.25, 0.3) is 0 Å². The monoisotopic (exact) mass is 506 g/mol. The zero-order valence-corrected chi connectivity index (χ0v) is 22.2. The van der Waals surface area contributed by atoms with Crippen LogP contribution in [-0.4, -0.2) is 41.0 Å². The van der Waals surface area contributed by atoms with Gasteiger partial charge < -0.3 is 18.7 Å². The summed E-state index contributed by atoms with van der Waals surface area (Å²) in [6, 6.07) is 10.2. The summed E-state index contributed by atoms with van der Waals surface area (Å²) in [6.45, 7) is 8.20. The van der Waals surface area contributed by atoms with Crippen molar-refractivity contribution < 1.29 is 18.6 Å². The number of benzene rings is 1. The van der Waals surface area contributed by atoms with Crippen LogP contribution in [0.1, 0.15) is 89.1 Å². The lowest BCUT2D eigenvalue weighted by atomic mass is 9.96. The first-order chi connectivity index (χ1) is 17.9. The van der Waals surface area contributed by atoms with Gasteiger partial charge in [0.2, 0.25) is 11.8 Å². The molecule has 0 N–H and O–H groups in total. The van der Waals surface area contributed by atoms with Crippen LogP contribution in [0.2, 0.25) is 0 Å². The van der Waals surface area contributed by atoms with E-state index in [9.17, 15) is 4.79 Å². The Morgan fingerprint density at radius 3 is 2.54 bits per heavy atom. The quantitative estimate of drug-likeness (QED) is 0.308. The molecular weight excluding hydrogens is 468 g/mol. The number of anilines is 1. The van der Waals surface area contributed by atoms with Crippen molar-refractivity contribution in [3.8, 4) is 11.3 Å². The largest absolute Gasteiger partial charge is 0.381 e. The zero-order chi connectivity index (χ0) is 25.8. The van der Waals surface area contributed by atoms with E-state index in [1.165, 1.54) is 12.8 Å². The van der Waals surface area contributed by atoms with Crippen molar-refractivity contribution in [3.05, 3.63) is 47.8 Å². The number of amides is 1. The van der Waals surface area contributed by atoms with Crippen molar-refractivity contribution in [2.75, 3.05) is 24.7 Å². The molecule has 2 fully saturated rings. The third-order valence-corrected chi connectivity index (χ3v) is 7.21. The van der Waals surface area contributed by atoms with Crippen LogP contribution in [0.4, 0.5) is 5.69 Å².